The average Bonchev–Trinajstić information content (AvgIpc) is 2.61. The van der Waals surface area contributed by atoms with Gasteiger partial charge in [-0.1, -0.05) is 0 Å². The summed E-state index contributed by atoms with van der Waals surface area (Å²) in [5, 5.41) is 4.13. The number of aryl methyl sites for hydroxylation is 2. The van der Waals surface area contributed by atoms with Gasteiger partial charge in [-0.25, -0.2) is 0 Å². The van der Waals surface area contributed by atoms with Crippen molar-refractivity contribution in [3.63, 3.8) is 0 Å². The number of hydrogen-bond acceptors (Lipinski definition) is 4. The Bertz CT molecular complexity index is 358. The van der Waals surface area contributed by atoms with E-state index in [-0.39, 0.29) is 5.97 Å². The average molecular weight is 225 g/mol. The summed E-state index contributed by atoms with van der Waals surface area (Å²) < 4.78 is 6.74. The van der Waals surface area contributed by atoms with Crippen molar-refractivity contribution in [1.29, 1.82) is 0 Å². The molecule has 0 aromatic carbocycles. The molecular formula is C11H19N3O2. The van der Waals surface area contributed by atoms with Crippen molar-refractivity contribution in [3.8, 4) is 0 Å². The first kappa shape index (κ1) is 12.7. The van der Waals surface area contributed by atoms with E-state index in [1.54, 1.807) is 20.0 Å². The van der Waals surface area contributed by atoms with Crippen LogP contribution in [-0.2, 0) is 16.1 Å². The summed E-state index contributed by atoms with van der Waals surface area (Å²) in [6.07, 6.45) is 2.24. The van der Waals surface area contributed by atoms with Crippen molar-refractivity contribution in [2.24, 2.45) is 5.73 Å². The molecule has 0 aliphatic carbocycles. The number of hydrogen-bond donors (Lipinski definition) is 1. The number of ether oxygens (including phenoxy) is 1. The molecule has 2 N–H and O–H groups in total. The second kappa shape index (κ2) is 5.12. The summed E-state index contributed by atoms with van der Waals surface area (Å²) in [5.74, 6) is -0.361. The highest BCUT2D eigenvalue weighted by molar-refractivity contribution is 5.79. The lowest BCUT2D eigenvalue weighted by atomic mass is 10.00. The Morgan fingerprint density at radius 3 is 2.88 bits per heavy atom. The molecule has 5 heteroatoms. The predicted octanol–water partition coefficient (Wildman–Crippen LogP) is 0.862. The summed E-state index contributed by atoms with van der Waals surface area (Å²) in [7, 11) is 0. The maximum Gasteiger partial charge on any atom is 0.325 e. The number of carbonyl (C=O) groups is 1. The van der Waals surface area contributed by atoms with E-state index in [1.165, 1.54) is 0 Å². The van der Waals surface area contributed by atoms with Crippen molar-refractivity contribution in [2.45, 2.75) is 39.3 Å². The Hall–Kier alpha value is -1.36. The van der Waals surface area contributed by atoms with Gasteiger partial charge in [-0.15, -0.1) is 0 Å². The highest BCUT2D eigenvalue weighted by Gasteiger charge is 2.29. The molecule has 0 amide bonds. The van der Waals surface area contributed by atoms with Gasteiger partial charge in [-0.3, -0.25) is 9.48 Å². The molecule has 1 aromatic rings. The van der Waals surface area contributed by atoms with E-state index in [2.05, 4.69) is 5.10 Å². The van der Waals surface area contributed by atoms with Crippen molar-refractivity contribution >= 4 is 5.97 Å². The standard InChI is InChI=1S/C11H19N3O2/c1-4-16-10(15)11(3,12)6-8-14-9(2)5-7-13-14/h5,7H,4,6,8,12H2,1-3H3. The number of aromatic nitrogens is 2. The summed E-state index contributed by atoms with van der Waals surface area (Å²) in [4.78, 5) is 11.5. The zero-order valence-corrected chi connectivity index (χ0v) is 10.1. The smallest absolute Gasteiger partial charge is 0.325 e. The number of carbonyl (C=O) groups excluding carboxylic acids is 1. The van der Waals surface area contributed by atoms with Gasteiger partial charge in [-0.2, -0.15) is 5.10 Å². The molecule has 0 spiro atoms. The maximum atomic E-state index is 11.5. The van der Waals surface area contributed by atoms with E-state index < -0.39 is 5.54 Å². The van der Waals surface area contributed by atoms with E-state index >= 15 is 0 Å². The van der Waals surface area contributed by atoms with Crippen LogP contribution in [0.3, 0.4) is 0 Å². The lowest BCUT2D eigenvalue weighted by molar-refractivity contribution is -0.149. The highest BCUT2D eigenvalue weighted by atomic mass is 16.5. The largest absolute Gasteiger partial charge is 0.465 e. The molecule has 0 radical (unpaired) electrons. The molecule has 90 valence electrons. The van der Waals surface area contributed by atoms with Gasteiger partial charge < -0.3 is 10.5 Å². The summed E-state index contributed by atoms with van der Waals surface area (Å²) in [5.41, 5.74) is 6.00. The second-order valence-corrected chi connectivity index (χ2v) is 4.08. The lowest BCUT2D eigenvalue weighted by Crippen LogP contribution is -2.47. The SMILES string of the molecule is CCOC(=O)C(C)(N)CCn1nccc1C. The third-order valence-corrected chi connectivity index (χ3v) is 2.51. The minimum absolute atomic E-state index is 0.354. The van der Waals surface area contributed by atoms with Crippen molar-refractivity contribution in [1.82, 2.24) is 9.78 Å². The molecule has 16 heavy (non-hydrogen) atoms. The lowest BCUT2D eigenvalue weighted by Gasteiger charge is -2.22. The van der Waals surface area contributed by atoms with Crippen LogP contribution in [0.2, 0.25) is 0 Å². The van der Waals surface area contributed by atoms with E-state index in [9.17, 15) is 4.79 Å². The molecular weight excluding hydrogens is 206 g/mol. The monoisotopic (exact) mass is 225 g/mol. The van der Waals surface area contributed by atoms with E-state index in [0.29, 0.717) is 19.6 Å². The molecule has 1 atom stereocenters. The summed E-state index contributed by atoms with van der Waals surface area (Å²) in [6, 6.07) is 1.91. The first-order chi connectivity index (χ1) is 7.47. The third-order valence-electron chi connectivity index (χ3n) is 2.51. The normalized spacial score (nSPS) is 14.5. The zero-order valence-electron chi connectivity index (χ0n) is 10.1. The van der Waals surface area contributed by atoms with Crippen LogP contribution < -0.4 is 5.73 Å². The predicted molar refractivity (Wildman–Crippen MR) is 60.8 cm³/mol. The highest BCUT2D eigenvalue weighted by Crippen LogP contribution is 2.10. The summed E-state index contributed by atoms with van der Waals surface area (Å²) >= 11 is 0. The molecule has 0 bridgehead atoms. The van der Waals surface area contributed by atoms with Crippen LogP contribution in [0.5, 0.6) is 0 Å². The molecule has 1 aromatic heterocycles. The minimum atomic E-state index is -0.950. The minimum Gasteiger partial charge on any atom is -0.465 e. The first-order valence-electron chi connectivity index (χ1n) is 5.42. The fourth-order valence-corrected chi connectivity index (χ4v) is 1.37. The quantitative estimate of drug-likeness (QED) is 0.755. The van der Waals surface area contributed by atoms with E-state index in [4.69, 9.17) is 10.5 Å². The van der Waals surface area contributed by atoms with Gasteiger partial charge >= 0.3 is 5.97 Å². The van der Waals surface area contributed by atoms with Crippen LogP contribution in [0.25, 0.3) is 0 Å². The van der Waals surface area contributed by atoms with Gasteiger partial charge in [0.1, 0.15) is 5.54 Å². The van der Waals surface area contributed by atoms with Gasteiger partial charge in [0.25, 0.3) is 0 Å². The van der Waals surface area contributed by atoms with Crippen LogP contribution in [0, 0.1) is 6.92 Å². The molecule has 1 heterocycles. The Morgan fingerprint density at radius 2 is 2.38 bits per heavy atom. The molecule has 0 saturated heterocycles. The van der Waals surface area contributed by atoms with Crippen LogP contribution in [0.1, 0.15) is 26.0 Å². The molecule has 0 fully saturated rings. The first-order valence-corrected chi connectivity index (χ1v) is 5.42. The van der Waals surface area contributed by atoms with Crippen LogP contribution in [0.4, 0.5) is 0 Å². The number of esters is 1. The molecule has 0 aliphatic heterocycles. The van der Waals surface area contributed by atoms with Gasteiger partial charge in [0, 0.05) is 18.4 Å². The van der Waals surface area contributed by atoms with E-state index in [0.717, 1.165) is 5.69 Å². The molecule has 5 nitrogen and oxygen atoms in total. The van der Waals surface area contributed by atoms with Crippen LogP contribution in [0.15, 0.2) is 12.3 Å². The fourth-order valence-electron chi connectivity index (χ4n) is 1.37. The van der Waals surface area contributed by atoms with Crippen LogP contribution >= 0.6 is 0 Å². The van der Waals surface area contributed by atoms with Crippen molar-refractivity contribution in [2.75, 3.05) is 6.61 Å². The Kier molecular flexibility index (Phi) is 4.06. The molecule has 0 aliphatic rings. The Morgan fingerprint density at radius 1 is 1.69 bits per heavy atom. The molecule has 1 rings (SSSR count). The topological polar surface area (TPSA) is 70.1 Å². The maximum absolute atomic E-state index is 11.5. The van der Waals surface area contributed by atoms with Gasteiger partial charge in [-0.05, 0) is 33.3 Å². The number of nitrogens with two attached hydrogens (primary N) is 1. The zero-order chi connectivity index (χ0) is 12.2. The second-order valence-electron chi connectivity index (χ2n) is 4.08. The van der Waals surface area contributed by atoms with Crippen LogP contribution in [-0.4, -0.2) is 27.9 Å². The fraction of sp³-hybridized carbons (Fsp3) is 0.636. The summed E-state index contributed by atoms with van der Waals surface area (Å²) in [6.45, 7) is 6.39. The van der Waals surface area contributed by atoms with Gasteiger partial charge in [0.05, 0.1) is 6.61 Å². The number of rotatable bonds is 5. The molecule has 1 unspecified atom stereocenters. The third kappa shape index (κ3) is 3.06. The van der Waals surface area contributed by atoms with Crippen molar-refractivity contribution < 1.29 is 9.53 Å². The molecule has 0 saturated carbocycles. The Balaban J connectivity index is 2.54. The van der Waals surface area contributed by atoms with Gasteiger partial charge in [0.2, 0.25) is 0 Å². The van der Waals surface area contributed by atoms with Crippen molar-refractivity contribution in [3.05, 3.63) is 18.0 Å². The Labute approximate surface area is 95.6 Å². The van der Waals surface area contributed by atoms with E-state index in [1.807, 2.05) is 17.7 Å². The number of nitrogens with zero attached hydrogens (tertiary/aromatic N) is 2. The van der Waals surface area contributed by atoms with Gasteiger partial charge in [0.15, 0.2) is 0 Å².